The monoisotopic (exact) mass is 1050 g/mol. The quantitative estimate of drug-likeness (QED) is 0.160. The van der Waals surface area contributed by atoms with Gasteiger partial charge in [-0.3, -0.25) is 9.59 Å². The molecule has 9 heterocycles. The fourth-order valence-corrected chi connectivity index (χ4v) is 14.4. The lowest BCUT2D eigenvalue weighted by molar-refractivity contribution is -0.156. The smallest absolute Gasteiger partial charge is 0.348 e. The molecule has 15 rings (SSSR count). The number of carbonyl (C=O) groups excluding carboxylic acids is 2. The molecule has 4 spiro atoms. The van der Waals surface area contributed by atoms with Crippen molar-refractivity contribution in [3.8, 4) is 11.5 Å². The number of hydrogen-bond donors (Lipinski definition) is 0. The van der Waals surface area contributed by atoms with Gasteiger partial charge in [-0.15, -0.1) is 0 Å². The molecule has 0 fully saturated rings. The third kappa shape index (κ3) is 6.48. The minimum Gasteiger partial charge on any atom is -0.476 e. The van der Waals surface area contributed by atoms with Crippen LogP contribution < -0.4 is 32.2 Å². The number of nitrogens with zero attached hydrogens (tertiary/aromatic N) is 6. The molecule has 2 aliphatic carbocycles. The Kier molecular flexibility index (Phi) is 9.88. The van der Waals surface area contributed by atoms with E-state index in [1.807, 2.05) is 86.7 Å². The summed E-state index contributed by atoms with van der Waals surface area (Å²) in [6, 6.07) is 21.5. The van der Waals surface area contributed by atoms with E-state index in [0.717, 1.165) is 44.5 Å². The van der Waals surface area contributed by atoms with Gasteiger partial charge in [0.25, 0.3) is 0 Å². The molecule has 6 atom stereocenters. The Labute approximate surface area is 453 Å². The predicted octanol–water partition coefficient (Wildman–Crippen LogP) is 8.40. The van der Waals surface area contributed by atoms with E-state index in [0.29, 0.717) is 33.8 Å². The Balaban J connectivity index is 1.16. The van der Waals surface area contributed by atoms with Crippen molar-refractivity contribution in [3.63, 3.8) is 0 Å². The van der Waals surface area contributed by atoms with Gasteiger partial charge in [0.1, 0.15) is 23.6 Å². The van der Waals surface area contributed by atoms with Crippen LogP contribution in [0.1, 0.15) is 151 Å². The second-order valence-electron chi connectivity index (χ2n) is 28.0. The van der Waals surface area contributed by atoms with Crippen LogP contribution in [0.5, 0.6) is 11.5 Å². The van der Waals surface area contributed by atoms with E-state index in [1.165, 1.54) is 27.9 Å². The first-order valence-electron chi connectivity index (χ1n) is 27.6. The number of hydrogen-bond acceptors (Lipinski definition) is 8. The minimum absolute atomic E-state index is 0.0257. The molecule has 6 aromatic rings. The average Bonchev–Trinajstić information content (AvgIpc) is 2.14. The zero-order valence-electron chi connectivity index (χ0n) is 47.4. The maximum absolute atomic E-state index is 17.0. The molecule has 8 bridgehead atoms. The van der Waals surface area contributed by atoms with E-state index >= 15 is 28.8 Å². The number of allylic oxidation sites excluding steroid dienone is 2. The maximum atomic E-state index is 17.0. The van der Waals surface area contributed by atoms with Crippen LogP contribution in [0.2, 0.25) is 0 Å². The molecule has 0 saturated carbocycles. The number of Topliss-reactive ketones (excluding diaryl/α,β-unsaturated/α-hetero) is 2. The number of carbonyl (C=O) groups is 2. The summed E-state index contributed by atoms with van der Waals surface area (Å²) in [5, 5.41) is 0. The van der Waals surface area contributed by atoms with Crippen LogP contribution in [0.25, 0.3) is 0 Å². The third-order valence-electron chi connectivity index (χ3n) is 18.4. The second kappa shape index (κ2) is 15.3. The molecule has 4 aromatic carbocycles. The summed E-state index contributed by atoms with van der Waals surface area (Å²) in [5.41, 5.74) is -2.37. The molecule has 14 heteroatoms. The van der Waals surface area contributed by atoms with E-state index in [9.17, 15) is 0 Å². The molecule has 0 N–H and O–H groups in total. The van der Waals surface area contributed by atoms with Crippen molar-refractivity contribution in [2.24, 2.45) is 10.8 Å². The van der Waals surface area contributed by atoms with Crippen LogP contribution >= 0.6 is 0 Å². The Morgan fingerprint density at radius 2 is 0.769 bits per heavy atom. The number of aromatic nitrogens is 6. The lowest BCUT2D eigenvalue weighted by Gasteiger charge is -2.56. The van der Waals surface area contributed by atoms with Gasteiger partial charge in [0.2, 0.25) is 11.6 Å². The Morgan fingerprint density at radius 3 is 1.08 bits per heavy atom. The topological polar surface area (TPSA) is 150 Å². The minimum atomic E-state index is -1.85. The van der Waals surface area contributed by atoms with Crippen LogP contribution in [-0.2, 0) is 70.3 Å². The molecule has 0 amide bonds. The molecule has 0 saturated heterocycles. The first-order chi connectivity index (χ1) is 36.3. The van der Waals surface area contributed by atoms with Gasteiger partial charge >= 0.3 is 22.8 Å². The number of rotatable bonds is 4. The summed E-state index contributed by atoms with van der Waals surface area (Å²) in [6.07, 6.45) is 3.71. The fraction of sp³-hybridized carbons (Fsp3) is 0.469. The molecular formula is C64H70N6O8. The molecule has 7 aliphatic heterocycles. The second-order valence-corrected chi connectivity index (χ2v) is 28.0. The van der Waals surface area contributed by atoms with Gasteiger partial charge in [-0.25, -0.2) is 47.0 Å². The number of aryl methyl sites for hydroxylation is 2. The van der Waals surface area contributed by atoms with Crippen molar-refractivity contribution in [1.82, 2.24) is 27.9 Å². The lowest BCUT2D eigenvalue weighted by Crippen LogP contribution is -2.73. The van der Waals surface area contributed by atoms with Crippen molar-refractivity contribution < 1.29 is 19.1 Å². The molecule has 9 aliphatic rings. The summed E-state index contributed by atoms with van der Waals surface area (Å²) in [6.45, 7) is 29.0. The average molecular weight is 1050 g/mol. The molecule has 4 unspecified atom stereocenters. The highest BCUT2D eigenvalue weighted by Gasteiger charge is 2.73. The van der Waals surface area contributed by atoms with Crippen molar-refractivity contribution in [2.75, 3.05) is 0 Å². The van der Waals surface area contributed by atoms with Crippen molar-refractivity contribution in [1.29, 1.82) is 0 Å². The Hall–Kier alpha value is -7.22. The fourth-order valence-electron chi connectivity index (χ4n) is 14.4. The Morgan fingerprint density at radius 1 is 0.449 bits per heavy atom. The van der Waals surface area contributed by atoms with Gasteiger partial charge in [0.15, 0.2) is 22.3 Å². The lowest BCUT2D eigenvalue weighted by atomic mass is 9.60. The first-order valence-corrected chi connectivity index (χ1v) is 27.6. The van der Waals surface area contributed by atoms with Crippen molar-refractivity contribution in [2.45, 2.75) is 181 Å². The van der Waals surface area contributed by atoms with E-state index in [1.54, 1.807) is 0 Å². The van der Waals surface area contributed by atoms with E-state index in [-0.39, 0.29) is 50.3 Å². The standard InChI is InChI=1S/C64H70N6O8/c1-35-15-19-37(20-16-35)33-65-53(73)67-49-45(59(9,10)11)31-61(69(67)55(65)75)27-39-23-43(57(3,4)5)26-42-30-64(78-47(39)42)50-46(60(12,13)14)32-62(52(64)72,70-56(76)66(54(74)68(50)70)34-38-21-17-36(2)18-22-38)28-40-24-44(58(6,7)8)25-41-29-63(49,51(61)71)77-48(40)41/h15-26,31-32,49-50H,27-30,33-34H2,1-14H3/t49?,50?,61?,62?,63-,64+. The number of ether oxygens (including phenoxy) is 2. The predicted molar refractivity (Wildman–Crippen MR) is 297 cm³/mol. The number of ketones is 2. The summed E-state index contributed by atoms with van der Waals surface area (Å²) in [5.74, 6) is 0.0472. The van der Waals surface area contributed by atoms with Gasteiger partial charge < -0.3 is 9.47 Å². The maximum Gasteiger partial charge on any atom is 0.348 e. The van der Waals surface area contributed by atoms with Crippen LogP contribution in [0.15, 0.2) is 115 Å². The molecule has 2 aromatic heterocycles. The van der Waals surface area contributed by atoms with Gasteiger partial charge in [-0.05, 0) is 103 Å². The van der Waals surface area contributed by atoms with Crippen LogP contribution in [0.3, 0.4) is 0 Å². The Bertz CT molecular complexity index is 3770. The molecular weight excluding hydrogens is 981 g/mol. The third-order valence-corrected chi connectivity index (χ3v) is 18.4. The van der Waals surface area contributed by atoms with E-state index in [4.69, 9.17) is 9.47 Å². The van der Waals surface area contributed by atoms with E-state index < -0.39 is 78.8 Å². The SMILES string of the molecule is Cc1ccc(Cn2c(=O)n3n(c2=O)C24C=C(C(C)(C)C)C3[C@]3(Cc5cc(C(C)(C)C)cc(c5O3)CC35C=C(C(C)(C)C)C(n6c(=O)n(Cc7ccc(C)cc7)c(=O)n63)[C@@]3(Cc6cc(C(C)(C)C)cc(c6O3)C2)C5=O)C4=O)cc1. The van der Waals surface area contributed by atoms with Crippen molar-refractivity contribution in [3.05, 3.63) is 194 Å². The van der Waals surface area contributed by atoms with Crippen LogP contribution in [-0.4, -0.2) is 50.6 Å². The van der Waals surface area contributed by atoms with Gasteiger partial charge in [0.05, 0.1) is 13.1 Å². The highest BCUT2D eigenvalue weighted by molar-refractivity contribution is 6.03. The zero-order valence-corrected chi connectivity index (χ0v) is 47.4. The largest absolute Gasteiger partial charge is 0.476 e. The summed E-state index contributed by atoms with van der Waals surface area (Å²) in [4.78, 5) is 96.5. The summed E-state index contributed by atoms with van der Waals surface area (Å²) in [7, 11) is 0. The normalized spacial score (nSPS) is 26.3. The van der Waals surface area contributed by atoms with Gasteiger partial charge in [-0.1, -0.05) is 167 Å². The molecule has 78 heavy (non-hydrogen) atoms. The highest BCUT2D eigenvalue weighted by atomic mass is 16.5. The van der Waals surface area contributed by atoms with Crippen LogP contribution in [0, 0.1) is 24.7 Å². The summed E-state index contributed by atoms with van der Waals surface area (Å²) >= 11 is 0. The number of benzene rings is 4. The van der Waals surface area contributed by atoms with E-state index in [2.05, 4.69) is 95.2 Å². The van der Waals surface area contributed by atoms with Gasteiger partial charge in [0, 0.05) is 25.7 Å². The molecule has 404 valence electrons. The molecule has 14 nitrogen and oxygen atoms in total. The first kappa shape index (κ1) is 50.3. The molecule has 0 radical (unpaired) electrons. The summed E-state index contributed by atoms with van der Waals surface area (Å²) < 4.78 is 23.6. The van der Waals surface area contributed by atoms with Gasteiger partial charge in [-0.2, -0.15) is 0 Å². The van der Waals surface area contributed by atoms with Crippen LogP contribution in [0.4, 0.5) is 0 Å². The van der Waals surface area contributed by atoms with Crippen molar-refractivity contribution >= 4 is 11.6 Å². The highest BCUT2D eigenvalue weighted by Crippen LogP contribution is 2.63. The zero-order chi connectivity index (χ0) is 55.7.